The highest BCUT2D eigenvalue weighted by atomic mass is 31.2. The predicted octanol–water partition coefficient (Wildman–Crippen LogP) is 20.9. The SMILES string of the molecule is CC/C=C\C/C=C\C/C=C\C/C=C\C/C=C\C/C=C\C/C=C\C/C=C\C/C=C\CCCCCCCCCCCCCC(=O)OC(COC(=O)CCCCCCCCCCC/C=C\CCCCCCCC)COP(=O)([O-])OCC[N+](C)(C)C. The van der Waals surface area contributed by atoms with Gasteiger partial charge in [-0.05, 0) is 109 Å². The summed E-state index contributed by atoms with van der Waals surface area (Å²) < 4.78 is 34.2. The number of allylic oxidation sites excluding steroid dienone is 20. The molecule has 470 valence electrons. The average molecular weight is 1160 g/mol. The lowest BCUT2D eigenvalue weighted by Crippen LogP contribution is -2.37. The first-order valence-electron chi connectivity index (χ1n) is 33.2. The van der Waals surface area contributed by atoms with Crippen molar-refractivity contribution in [2.75, 3.05) is 47.5 Å². The molecule has 0 aromatic heterocycles. The van der Waals surface area contributed by atoms with Crippen molar-refractivity contribution < 1.29 is 42.1 Å². The minimum atomic E-state index is -4.65. The summed E-state index contributed by atoms with van der Waals surface area (Å²) in [7, 11) is 1.16. The molecule has 0 N–H and O–H groups in total. The lowest BCUT2D eigenvalue weighted by atomic mass is 10.0. The summed E-state index contributed by atoms with van der Waals surface area (Å²) in [4.78, 5) is 38.0. The summed E-state index contributed by atoms with van der Waals surface area (Å²) in [5.74, 6) is -0.839. The van der Waals surface area contributed by atoms with Crippen LogP contribution in [0.3, 0.4) is 0 Å². The lowest BCUT2D eigenvalue weighted by Gasteiger charge is -2.28. The number of hydrogen-bond acceptors (Lipinski definition) is 8. The van der Waals surface area contributed by atoms with Crippen LogP contribution in [0.25, 0.3) is 0 Å². The summed E-state index contributed by atoms with van der Waals surface area (Å²) in [6, 6.07) is 0. The second kappa shape index (κ2) is 62.0. The molecule has 0 spiro atoms. The molecule has 2 unspecified atom stereocenters. The molecule has 0 rings (SSSR count). The van der Waals surface area contributed by atoms with Crippen molar-refractivity contribution >= 4 is 19.8 Å². The van der Waals surface area contributed by atoms with Gasteiger partial charge in [0, 0.05) is 12.8 Å². The monoisotopic (exact) mass is 1160 g/mol. The summed E-state index contributed by atoms with van der Waals surface area (Å²) in [5.41, 5.74) is 0. The fourth-order valence-corrected chi connectivity index (χ4v) is 9.61. The van der Waals surface area contributed by atoms with Crippen molar-refractivity contribution in [1.82, 2.24) is 0 Å². The highest BCUT2D eigenvalue weighted by molar-refractivity contribution is 7.45. The van der Waals surface area contributed by atoms with Crippen molar-refractivity contribution in [2.45, 2.75) is 277 Å². The number of unbranched alkanes of at least 4 members (excludes halogenated alkanes) is 26. The predicted molar refractivity (Wildman–Crippen MR) is 351 cm³/mol. The Hall–Kier alpha value is -3.59. The van der Waals surface area contributed by atoms with Gasteiger partial charge in [-0.3, -0.25) is 14.2 Å². The molecule has 0 aliphatic carbocycles. The molecule has 0 fully saturated rings. The average Bonchev–Trinajstić information content (AvgIpc) is 3.46. The zero-order chi connectivity index (χ0) is 59.8. The highest BCUT2D eigenvalue weighted by Gasteiger charge is 2.22. The fraction of sp³-hybridized carbons (Fsp3) is 0.694. The van der Waals surface area contributed by atoms with E-state index in [1.165, 1.54) is 135 Å². The summed E-state index contributed by atoms with van der Waals surface area (Å²) in [6.07, 6.45) is 88.3. The van der Waals surface area contributed by atoms with E-state index in [9.17, 15) is 19.0 Å². The van der Waals surface area contributed by atoms with Gasteiger partial charge in [-0.1, -0.05) is 270 Å². The number of nitrogens with zero attached hydrogens (tertiary/aromatic N) is 1. The second-order valence-corrected chi connectivity index (χ2v) is 24.5. The summed E-state index contributed by atoms with van der Waals surface area (Å²) in [5, 5.41) is 0. The molecule has 0 aromatic carbocycles. The minimum Gasteiger partial charge on any atom is -0.756 e. The summed E-state index contributed by atoms with van der Waals surface area (Å²) in [6.45, 7) is 4.12. The van der Waals surface area contributed by atoms with E-state index in [1.54, 1.807) is 0 Å². The smallest absolute Gasteiger partial charge is 0.306 e. The van der Waals surface area contributed by atoms with E-state index in [4.69, 9.17) is 18.5 Å². The van der Waals surface area contributed by atoms with Crippen LogP contribution in [0.4, 0.5) is 0 Å². The van der Waals surface area contributed by atoms with Gasteiger partial charge in [0.25, 0.3) is 7.82 Å². The third kappa shape index (κ3) is 65.6. The van der Waals surface area contributed by atoms with Gasteiger partial charge < -0.3 is 27.9 Å². The molecule has 0 radical (unpaired) electrons. The van der Waals surface area contributed by atoms with Crippen molar-refractivity contribution in [1.29, 1.82) is 0 Å². The zero-order valence-electron chi connectivity index (χ0n) is 53.4. The van der Waals surface area contributed by atoms with Crippen molar-refractivity contribution in [3.63, 3.8) is 0 Å². The van der Waals surface area contributed by atoms with Gasteiger partial charge in [0.2, 0.25) is 0 Å². The van der Waals surface area contributed by atoms with E-state index >= 15 is 0 Å². The van der Waals surface area contributed by atoms with E-state index in [2.05, 4.69) is 135 Å². The Bertz CT molecular complexity index is 1800. The number of hydrogen-bond donors (Lipinski definition) is 0. The van der Waals surface area contributed by atoms with Crippen LogP contribution in [0.15, 0.2) is 122 Å². The molecule has 9 nitrogen and oxygen atoms in total. The van der Waals surface area contributed by atoms with Crippen LogP contribution in [0.1, 0.15) is 271 Å². The number of esters is 2. The standard InChI is InChI=1S/C72H124NO8P/c1-6-8-10-12-14-16-18-20-22-24-26-27-28-29-30-31-32-33-34-35-36-37-38-39-40-41-42-43-44-45-47-49-51-53-55-57-59-61-63-65-72(75)81-70(69-80-82(76,77)79-67-66-73(3,4)5)68-78-71(74)64-62-60-58-56-54-52-50-48-46-25-23-21-19-17-15-13-11-9-7-2/h8,10,14,16,20-23,26-27,29-30,32-33,35-36,38-39,41-42,70H,6-7,9,11-13,15,17-19,24-25,28,31,34,37,40,43-69H2,1-5H3/b10-8-,16-14-,22-20-,23-21-,27-26-,30-29-,33-32-,36-35-,39-38-,42-41-. The molecule has 0 aliphatic rings. The number of phosphoric acid groups is 1. The summed E-state index contributed by atoms with van der Waals surface area (Å²) >= 11 is 0. The van der Waals surface area contributed by atoms with Gasteiger partial charge in [0.1, 0.15) is 19.8 Å². The van der Waals surface area contributed by atoms with Gasteiger partial charge in [-0.2, -0.15) is 0 Å². The molecule has 0 saturated heterocycles. The number of ether oxygens (including phenoxy) is 2. The molecule has 0 saturated carbocycles. The van der Waals surface area contributed by atoms with Gasteiger partial charge >= 0.3 is 11.9 Å². The Morgan fingerprint density at radius 1 is 0.390 bits per heavy atom. The van der Waals surface area contributed by atoms with E-state index in [-0.39, 0.29) is 32.0 Å². The first-order valence-corrected chi connectivity index (χ1v) is 34.7. The lowest BCUT2D eigenvalue weighted by molar-refractivity contribution is -0.870. The molecule has 0 amide bonds. The Morgan fingerprint density at radius 3 is 1.05 bits per heavy atom. The number of quaternary nitrogens is 1. The molecule has 10 heteroatoms. The Labute approximate surface area is 505 Å². The maximum Gasteiger partial charge on any atom is 0.306 e. The van der Waals surface area contributed by atoms with Crippen molar-refractivity contribution in [3.05, 3.63) is 122 Å². The first-order chi connectivity index (χ1) is 40.0. The van der Waals surface area contributed by atoms with Gasteiger partial charge in [-0.25, -0.2) is 0 Å². The molecule has 2 atom stereocenters. The third-order valence-electron chi connectivity index (χ3n) is 14.0. The number of rotatable bonds is 60. The quantitative estimate of drug-likeness (QED) is 0.0195. The molecule has 0 heterocycles. The van der Waals surface area contributed by atoms with E-state index in [0.29, 0.717) is 17.4 Å². The van der Waals surface area contributed by atoms with Crippen LogP contribution in [0.2, 0.25) is 0 Å². The normalized spacial score (nSPS) is 14.0. The van der Waals surface area contributed by atoms with Crippen LogP contribution < -0.4 is 4.89 Å². The van der Waals surface area contributed by atoms with Crippen molar-refractivity contribution in [2.24, 2.45) is 0 Å². The Balaban J connectivity index is 4.09. The maximum absolute atomic E-state index is 12.8. The number of carbonyl (C=O) groups excluding carboxylic acids is 2. The highest BCUT2D eigenvalue weighted by Crippen LogP contribution is 2.38. The van der Waals surface area contributed by atoms with E-state index < -0.39 is 26.5 Å². The first kappa shape index (κ1) is 78.4. The van der Waals surface area contributed by atoms with Crippen molar-refractivity contribution in [3.8, 4) is 0 Å². The Morgan fingerprint density at radius 2 is 0.695 bits per heavy atom. The van der Waals surface area contributed by atoms with E-state index in [0.717, 1.165) is 103 Å². The Kier molecular flexibility index (Phi) is 59.2. The molecular weight excluding hydrogens is 1040 g/mol. The van der Waals surface area contributed by atoms with Gasteiger partial charge in [0.15, 0.2) is 6.10 Å². The second-order valence-electron chi connectivity index (χ2n) is 23.1. The minimum absolute atomic E-state index is 0.0359. The van der Waals surface area contributed by atoms with Crippen LogP contribution in [0.5, 0.6) is 0 Å². The largest absolute Gasteiger partial charge is 0.756 e. The molecule has 0 aliphatic heterocycles. The van der Waals surface area contributed by atoms with Crippen LogP contribution in [-0.2, 0) is 32.7 Å². The molecular formula is C72H124NO8P. The van der Waals surface area contributed by atoms with Crippen LogP contribution >= 0.6 is 7.82 Å². The number of likely N-dealkylation sites (N-methyl/N-ethyl adjacent to an activating group) is 1. The number of carbonyl (C=O) groups is 2. The van der Waals surface area contributed by atoms with Crippen LogP contribution in [0, 0.1) is 0 Å². The molecule has 82 heavy (non-hydrogen) atoms. The fourth-order valence-electron chi connectivity index (χ4n) is 8.88. The van der Waals surface area contributed by atoms with Gasteiger partial charge in [0.05, 0.1) is 27.7 Å². The topological polar surface area (TPSA) is 111 Å². The zero-order valence-corrected chi connectivity index (χ0v) is 54.3. The van der Waals surface area contributed by atoms with Gasteiger partial charge in [-0.15, -0.1) is 0 Å². The van der Waals surface area contributed by atoms with E-state index in [1.807, 2.05) is 21.1 Å². The maximum atomic E-state index is 12.8. The van der Waals surface area contributed by atoms with Crippen LogP contribution in [-0.4, -0.2) is 70.0 Å². The third-order valence-corrected chi connectivity index (χ3v) is 14.9. The number of phosphoric ester groups is 1. The molecule has 0 bridgehead atoms. The molecule has 0 aromatic rings.